The summed E-state index contributed by atoms with van der Waals surface area (Å²) in [5, 5.41) is 5.32. The summed E-state index contributed by atoms with van der Waals surface area (Å²) in [6.45, 7) is 1.29. The lowest BCUT2D eigenvalue weighted by atomic mass is 10.0. The molecule has 1 aliphatic carbocycles. The number of anilines is 3. The number of nitrogens with one attached hydrogen (secondary N) is 3. The van der Waals surface area contributed by atoms with Gasteiger partial charge in [0.1, 0.15) is 17.1 Å². The van der Waals surface area contributed by atoms with E-state index in [0.29, 0.717) is 18.8 Å². The SMILES string of the molecule is CC(CC(F)(F)F)NC(=O)OC1CCC(c2cnc(Nc3ccc(NS(C)=O)cc3)nc2)C1. The zero-order valence-corrected chi connectivity index (χ0v) is 19.0. The summed E-state index contributed by atoms with van der Waals surface area (Å²) in [5.41, 5.74) is 2.41. The van der Waals surface area contributed by atoms with E-state index in [4.69, 9.17) is 4.74 Å². The molecule has 1 saturated carbocycles. The van der Waals surface area contributed by atoms with E-state index in [1.54, 1.807) is 30.8 Å². The monoisotopic (exact) mass is 485 g/mol. The molecule has 1 aromatic heterocycles. The Morgan fingerprint density at radius 1 is 1.18 bits per heavy atom. The van der Waals surface area contributed by atoms with Gasteiger partial charge in [0.15, 0.2) is 0 Å². The second kappa shape index (κ2) is 10.8. The number of amides is 1. The summed E-state index contributed by atoms with van der Waals surface area (Å²) in [6, 6.07) is 6.15. The lowest BCUT2D eigenvalue weighted by molar-refractivity contribution is -0.138. The first kappa shape index (κ1) is 24.7. The minimum atomic E-state index is -4.34. The second-order valence-electron chi connectivity index (χ2n) is 8.00. The van der Waals surface area contributed by atoms with E-state index in [-0.39, 0.29) is 12.0 Å². The van der Waals surface area contributed by atoms with Gasteiger partial charge in [-0.1, -0.05) is 0 Å². The first-order valence-corrected chi connectivity index (χ1v) is 12.0. The quantitative estimate of drug-likeness (QED) is 0.504. The molecule has 12 heteroatoms. The van der Waals surface area contributed by atoms with Crippen LogP contribution >= 0.6 is 0 Å². The molecule has 1 aromatic carbocycles. The second-order valence-corrected chi connectivity index (χ2v) is 9.11. The largest absolute Gasteiger partial charge is 0.446 e. The Morgan fingerprint density at radius 3 is 2.42 bits per heavy atom. The molecule has 0 bridgehead atoms. The predicted octanol–water partition coefficient (Wildman–Crippen LogP) is 4.63. The van der Waals surface area contributed by atoms with E-state index < -0.39 is 35.7 Å². The highest BCUT2D eigenvalue weighted by atomic mass is 32.2. The number of alkyl carbamates (subject to hydrolysis) is 1. The molecule has 1 heterocycles. The molecule has 180 valence electrons. The summed E-state index contributed by atoms with van der Waals surface area (Å²) in [6.07, 6.45) is 0.271. The van der Waals surface area contributed by atoms with Crippen molar-refractivity contribution < 1.29 is 26.9 Å². The zero-order chi connectivity index (χ0) is 24.0. The molecule has 3 N–H and O–H groups in total. The van der Waals surface area contributed by atoms with Crippen LogP contribution in [0.5, 0.6) is 0 Å². The fourth-order valence-electron chi connectivity index (χ4n) is 3.66. The topological polar surface area (TPSA) is 105 Å². The molecule has 8 nitrogen and oxygen atoms in total. The van der Waals surface area contributed by atoms with E-state index in [1.807, 2.05) is 12.1 Å². The molecule has 0 spiro atoms. The molecule has 0 saturated heterocycles. The number of halogens is 3. The maximum atomic E-state index is 12.4. The fraction of sp³-hybridized carbons (Fsp3) is 0.476. The van der Waals surface area contributed by atoms with Crippen LogP contribution in [0.3, 0.4) is 0 Å². The summed E-state index contributed by atoms with van der Waals surface area (Å²) in [7, 11) is -1.15. The normalized spacial score (nSPS) is 20.0. The van der Waals surface area contributed by atoms with Crippen molar-refractivity contribution in [3.63, 3.8) is 0 Å². The summed E-state index contributed by atoms with van der Waals surface area (Å²) < 4.78 is 56.4. The molecule has 3 rings (SSSR count). The highest BCUT2D eigenvalue weighted by Gasteiger charge is 2.32. The predicted molar refractivity (Wildman–Crippen MR) is 120 cm³/mol. The molecule has 1 aliphatic rings. The van der Waals surface area contributed by atoms with Gasteiger partial charge in [-0.05, 0) is 61.9 Å². The Morgan fingerprint density at radius 2 is 1.82 bits per heavy atom. The number of rotatable bonds is 8. The van der Waals surface area contributed by atoms with E-state index in [1.165, 1.54) is 6.92 Å². The van der Waals surface area contributed by atoms with Crippen LogP contribution < -0.4 is 15.4 Å². The third-order valence-corrected chi connectivity index (χ3v) is 5.63. The number of carbonyl (C=O) groups is 1. The van der Waals surface area contributed by atoms with Gasteiger partial charge < -0.3 is 20.1 Å². The van der Waals surface area contributed by atoms with Crippen LogP contribution in [-0.4, -0.2) is 44.8 Å². The van der Waals surface area contributed by atoms with Crippen molar-refractivity contribution >= 4 is 34.4 Å². The number of aromatic nitrogens is 2. The first-order chi connectivity index (χ1) is 15.6. The molecule has 4 atom stereocenters. The van der Waals surface area contributed by atoms with Crippen molar-refractivity contribution in [2.24, 2.45) is 0 Å². The minimum absolute atomic E-state index is 0.102. The maximum Gasteiger partial charge on any atom is 0.407 e. The Balaban J connectivity index is 1.47. The average Bonchev–Trinajstić information content (AvgIpc) is 3.16. The van der Waals surface area contributed by atoms with E-state index in [0.717, 1.165) is 23.4 Å². The molecule has 1 fully saturated rings. The number of hydrogen-bond acceptors (Lipinski definition) is 6. The number of alkyl halides is 3. The Kier molecular flexibility index (Phi) is 8.11. The standard InChI is InChI=1S/C21H26F3N5O3S/c1-13(10-21(22,23)24)27-20(30)32-18-8-3-14(9-18)15-11-25-19(26-12-15)28-16-4-6-17(7-5-16)29-33(2)31/h4-7,11-14,18,29H,3,8-10H2,1-2H3,(H,27,30)(H,25,26,28). The first-order valence-electron chi connectivity index (χ1n) is 10.4. The Bertz CT molecular complexity index is 957. The van der Waals surface area contributed by atoms with E-state index in [2.05, 4.69) is 25.3 Å². The van der Waals surface area contributed by atoms with Crippen LogP contribution in [-0.2, 0) is 15.7 Å². The van der Waals surface area contributed by atoms with Gasteiger partial charge in [0, 0.05) is 36.1 Å². The van der Waals surface area contributed by atoms with Crippen molar-refractivity contribution in [1.29, 1.82) is 0 Å². The number of nitrogens with zero attached hydrogens (tertiary/aromatic N) is 2. The molecule has 0 aliphatic heterocycles. The molecule has 33 heavy (non-hydrogen) atoms. The molecular weight excluding hydrogens is 459 g/mol. The van der Waals surface area contributed by atoms with Crippen LogP contribution in [0.1, 0.15) is 44.1 Å². The van der Waals surface area contributed by atoms with E-state index in [9.17, 15) is 22.2 Å². The van der Waals surface area contributed by atoms with Crippen LogP contribution in [0.25, 0.3) is 0 Å². The third kappa shape index (κ3) is 8.19. The van der Waals surface area contributed by atoms with Crippen molar-refractivity contribution in [3.05, 3.63) is 42.2 Å². The van der Waals surface area contributed by atoms with Gasteiger partial charge in [0.05, 0.1) is 6.42 Å². The van der Waals surface area contributed by atoms with Gasteiger partial charge in [-0.15, -0.1) is 0 Å². The lowest BCUT2D eigenvalue weighted by Crippen LogP contribution is -2.37. The highest BCUT2D eigenvalue weighted by molar-refractivity contribution is 7.85. The summed E-state index contributed by atoms with van der Waals surface area (Å²) in [5.74, 6) is 0.520. The van der Waals surface area contributed by atoms with Gasteiger partial charge in [-0.25, -0.2) is 19.0 Å². The molecule has 2 aromatic rings. The summed E-state index contributed by atoms with van der Waals surface area (Å²) >= 11 is 0. The van der Waals surface area contributed by atoms with Crippen LogP contribution in [0.2, 0.25) is 0 Å². The Hall–Kier alpha value is -2.89. The van der Waals surface area contributed by atoms with Crippen LogP contribution in [0.4, 0.5) is 35.3 Å². The number of hydrogen-bond donors (Lipinski definition) is 3. The van der Waals surface area contributed by atoms with Gasteiger partial charge in [0.2, 0.25) is 5.95 Å². The third-order valence-electron chi connectivity index (χ3n) is 5.11. The van der Waals surface area contributed by atoms with Crippen molar-refractivity contribution in [3.8, 4) is 0 Å². The minimum Gasteiger partial charge on any atom is -0.446 e. The molecule has 4 unspecified atom stereocenters. The van der Waals surface area contributed by atoms with Gasteiger partial charge in [0.25, 0.3) is 0 Å². The van der Waals surface area contributed by atoms with Crippen LogP contribution in [0.15, 0.2) is 36.7 Å². The lowest BCUT2D eigenvalue weighted by Gasteiger charge is -2.18. The summed E-state index contributed by atoms with van der Waals surface area (Å²) in [4.78, 5) is 20.5. The Labute approximate surface area is 192 Å². The van der Waals surface area contributed by atoms with Crippen molar-refractivity contribution in [1.82, 2.24) is 15.3 Å². The average molecular weight is 486 g/mol. The zero-order valence-electron chi connectivity index (χ0n) is 18.2. The van der Waals surface area contributed by atoms with Crippen LogP contribution in [0, 0.1) is 0 Å². The number of ether oxygens (including phenoxy) is 1. The number of carbonyl (C=O) groups excluding carboxylic acids is 1. The van der Waals surface area contributed by atoms with Crippen molar-refractivity contribution in [2.75, 3.05) is 16.3 Å². The van der Waals surface area contributed by atoms with Gasteiger partial charge in [-0.2, -0.15) is 13.2 Å². The molecule has 1 amide bonds. The molecule has 0 radical (unpaired) electrons. The highest BCUT2D eigenvalue weighted by Crippen LogP contribution is 2.35. The van der Waals surface area contributed by atoms with Gasteiger partial charge in [-0.3, -0.25) is 0 Å². The van der Waals surface area contributed by atoms with E-state index >= 15 is 0 Å². The smallest absolute Gasteiger partial charge is 0.407 e. The van der Waals surface area contributed by atoms with Crippen molar-refractivity contribution in [2.45, 2.75) is 56.8 Å². The maximum absolute atomic E-state index is 12.4. The fourth-order valence-corrected chi connectivity index (χ4v) is 4.13. The van der Waals surface area contributed by atoms with Gasteiger partial charge >= 0.3 is 12.3 Å². The molecular formula is C21H26F3N5O3S. The number of benzene rings is 1.